The van der Waals surface area contributed by atoms with Gasteiger partial charge in [0.2, 0.25) is 10.0 Å². The van der Waals surface area contributed by atoms with E-state index in [1.807, 2.05) is 48.5 Å². The van der Waals surface area contributed by atoms with Gasteiger partial charge in [-0.2, -0.15) is 0 Å². The van der Waals surface area contributed by atoms with Gasteiger partial charge in [0.25, 0.3) is 5.91 Å². The van der Waals surface area contributed by atoms with E-state index in [4.69, 9.17) is 0 Å². The van der Waals surface area contributed by atoms with Gasteiger partial charge in [-0.25, -0.2) is 13.1 Å². The maximum atomic E-state index is 12.7. The summed E-state index contributed by atoms with van der Waals surface area (Å²) in [5, 5.41) is 2.82. The van der Waals surface area contributed by atoms with Crippen molar-refractivity contribution in [3.8, 4) is 0 Å². The molecule has 5 nitrogen and oxygen atoms in total. The second-order valence-electron chi connectivity index (χ2n) is 6.34. The summed E-state index contributed by atoms with van der Waals surface area (Å²) in [6.07, 6.45) is 0.604. The summed E-state index contributed by atoms with van der Waals surface area (Å²) in [5.41, 5.74) is 2.14. The number of fused-ring (bicyclic) bond motifs is 2. The average Bonchev–Trinajstić information content (AvgIpc) is 2.84. The molecule has 0 aliphatic carbocycles. The zero-order chi connectivity index (χ0) is 19.6. The lowest BCUT2D eigenvalue weighted by Crippen LogP contribution is -2.26. The largest absolute Gasteiger partial charge is 0.321 e. The number of rotatable bonds is 5. The summed E-state index contributed by atoms with van der Waals surface area (Å²) in [4.78, 5) is 14.2. The quantitative estimate of drug-likeness (QED) is 0.668. The predicted molar refractivity (Wildman–Crippen MR) is 110 cm³/mol. The number of hydrogen-bond donors (Lipinski definition) is 2. The van der Waals surface area contributed by atoms with Crippen LogP contribution in [0.4, 0.5) is 5.69 Å². The van der Waals surface area contributed by atoms with Crippen LogP contribution in [0.15, 0.2) is 87.5 Å². The Morgan fingerprint density at radius 1 is 0.893 bits per heavy atom. The third kappa shape index (κ3) is 3.96. The van der Waals surface area contributed by atoms with Crippen molar-refractivity contribution in [1.82, 2.24) is 4.72 Å². The number of benzene rings is 3. The van der Waals surface area contributed by atoms with Gasteiger partial charge >= 0.3 is 0 Å². The van der Waals surface area contributed by atoms with Crippen LogP contribution < -0.4 is 10.0 Å². The summed E-state index contributed by atoms with van der Waals surface area (Å²) in [6.45, 7) is 0.302. The number of carbonyl (C=O) groups is 1. The average molecular weight is 411 g/mol. The van der Waals surface area contributed by atoms with Gasteiger partial charge in [0.15, 0.2) is 0 Å². The molecule has 28 heavy (non-hydrogen) atoms. The fraction of sp³-hybridized carbons (Fsp3) is 0.0952. The van der Waals surface area contributed by atoms with Gasteiger partial charge in [-0.15, -0.1) is 0 Å². The van der Waals surface area contributed by atoms with Crippen molar-refractivity contribution >= 4 is 33.4 Å². The molecule has 3 aromatic carbocycles. The number of carbonyl (C=O) groups excluding carboxylic acids is 1. The molecule has 0 radical (unpaired) electrons. The number of amides is 1. The molecule has 142 valence electrons. The number of nitrogens with one attached hydrogen (secondary N) is 2. The second kappa shape index (κ2) is 7.79. The molecular formula is C21H18N2O3S2. The van der Waals surface area contributed by atoms with E-state index in [1.165, 1.54) is 17.8 Å². The van der Waals surface area contributed by atoms with Gasteiger partial charge in [0, 0.05) is 16.3 Å². The highest BCUT2D eigenvalue weighted by molar-refractivity contribution is 7.99. The van der Waals surface area contributed by atoms with E-state index in [0.29, 0.717) is 24.2 Å². The molecule has 0 aromatic heterocycles. The third-order valence-corrected chi connectivity index (χ3v) is 7.02. The van der Waals surface area contributed by atoms with Gasteiger partial charge in [-0.1, -0.05) is 54.2 Å². The van der Waals surface area contributed by atoms with E-state index in [2.05, 4.69) is 10.0 Å². The van der Waals surface area contributed by atoms with Crippen molar-refractivity contribution < 1.29 is 13.2 Å². The molecule has 0 fully saturated rings. The van der Waals surface area contributed by atoms with E-state index in [0.717, 1.165) is 15.4 Å². The van der Waals surface area contributed by atoms with Crippen molar-refractivity contribution in [2.75, 3.05) is 11.9 Å². The summed E-state index contributed by atoms with van der Waals surface area (Å²) < 4.78 is 28.0. The molecule has 3 aromatic rings. The molecule has 4 rings (SSSR count). The van der Waals surface area contributed by atoms with Gasteiger partial charge in [0.1, 0.15) is 0 Å². The number of hydrogen-bond acceptors (Lipinski definition) is 4. The molecule has 1 amide bonds. The standard InChI is InChI=1S/C21H18N2O3S2/c24-21-17-8-4-5-9-19(17)27-20-11-10-16(14-18(20)23-21)28(25,26)22-13-12-15-6-2-1-3-7-15/h1-11,14,22H,12-13H2,(H,23,24). The lowest BCUT2D eigenvalue weighted by Gasteiger charge is -2.11. The van der Waals surface area contributed by atoms with Crippen LogP contribution in [0.5, 0.6) is 0 Å². The maximum Gasteiger partial charge on any atom is 0.256 e. The summed E-state index contributed by atoms with van der Waals surface area (Å²) in [5.74, 6) is -0.242. The molecule has 0 atom stereocenters. The Morgan fingerprint density at radius 2 is 1.64 bits per heavy atom. The molecule has 0 saturated heterocycles. The highest BCUT2D eigenvalue weighted by atomic mass is 32.2. The Balaban J connectivity index is 1.54. The van der Waals surface area contributed by atoms with Crippen LogP contribution >= 0.6 is 11.8 Å². The first-order chi connectivity index (χ1) is 13.5. The van der Waals surface area contributed by atoms with E-state index < -0.39 is 10.0 Å². The molecule has 2 N–H and O–H groups in total. The third-order valence-electron chi connectivity index (χ3n) is 4.41. The van der Waals surface area contributed by atoms with E-state index in [-0.39, 0.29) is 10.8 Å². The van der Waals surface area contributed by atoms with Gasteiger partial charge in [-0.05, 0) is 42.3 Å². The monoisotopic (exact) mass is 410 g/mol. The van der Waals surface area contributed by atoms with Crippen LogP contribution in [0.1, 0.15) is 15.9 Å². The predicted octanol–water partition coefficient (Wildman–Crippen LogP) is 3.92. The lowest BCUT2D eigenvalue weighted by atomic mass is 10.2. The molecular weight excluding hydrogens is 392 g/mol. The summed E-state index contributed by atoms with van der Waals surface area (Å²) >= 11 is 1.44. The van der Waals surface area contributed by atoms with Crippen LogP contribution in [0.25, 0.3) is 0 Å². The Kier molecular flexibility index (Phi) is 5.21. The molecule has 1 aliphatic heterocycles. The van der Waals surface area contributed by atoms with Crippen LogP contribution in [0.2, 0.25) is 0 Å². The highest BCUT2D eigenvalue weighted by Gasteiger charge is 2.22. The van der Waals surface area contributed by atoms with Gasteiger partial charge < -0.3 is 5.32 Å². The first-order valence-electron chi connectivity index (χ1n) is 8.79. The van der Waals surface area contributed by atoms with Crippen molar-refractivity contribution in [2.24, 2.45) is 0 Å². The minimum absolute atomic E-state index is 0.131. The second-order valence-corrected chi connectivity index (χ2v) is 9.19. The van der Waals surface area contributed by atoms with Crippen LogP contribution in [-0.2, 0) is 16.4 Å². The number of sulfonamides is 1. The van der Waals surface area contributed by atoms with E-state index in [9.17, 15) is 13.2 Å². The number of anilines is 1. The SMILES string of the molecule is O=C1Nc2cc(S(=O)(=O)NCCc3ccccc3)ccc2Sc2ccccc21. The first kappa shape index (κ1) is 18.7. The zero-order valence-corrected chi connectivity index (χ0v) is 16.5. The molecule has 1 aliphatic rings. The van der Waals surface area contributed by atoms with Crippen molar-refractivity contribution in [3.63, 3.8) is 0 Å². The Labute approximate surface area is 168 Å². The van der Waals surface area contributed by atoms with Crippen molar-refractivity contribution in [3.05, 3.63) is 83.9 Å². The minimum Gasteiger partial charge on any atom is -0.321 e. The topological polar surface area (TPSA) is 75.3 Å². The molecule has 0 bridgehead atoms. The Hall–Kier alpha value is -2.61. The molecule has 0 saturated carbocycles. The fourth-order valence-corrected chi connectivity index (χ4v) is 5.04. The van der Waals surface area contributed by atoms with Crippen molar-refractivity contribution in [1.29, 1.82) is 0 Å². The zero-order valence-electron chi connectivity index (χ0n) is 14.9. The molecule has 0 spiro atoms. The lowest BCUT2D eigenvalue weighted by molar-refractivity contribution is 0.102. The smallest absolute Gasteiger partial charge is 0.256 e. The summed E-state index contributed by atoms with van der Waals surface area (Å²) in [6, 6.07) is 21.8. The van der Waals surface area contributed by atoms with Gasteiger partial charge in [0.05, 0.1) is 16.1 Å². The van der Waals surface area contributed by atoms with Crippen LogP contribution in [0, 0.1) is 0 Å². The maximum absolute atomic E-state index is 12.7. The van der Waals surface area contributed by atoms with Crippen molar-refractivity contribution in [2.45, 2.75) is 21.1 Å². The highest BCUT2D eigenvalue weighted by Crippen LogP contribution is 2.39. The van der Waals surface area contributed by atoms with Gasteiger partial charge in [-0.3, -0.25) is 4.79 Å². The Morgan fingerprint density at radius 3 is 2.46 bits per heavy atom. The van der Waals surface area contributed by atoms with Crippen LogP contribution in [0.3, 0.4) is 0 Å². The first-order valence-corrected chi connectivity index (χ1v) is 11.1. The molecule has 1 heterocycles. The Bertz CT molecular complexity index is 1130. The molecule has 0 unspecified atom stereocenters. The fourth-order valence-electron chi connectivity index (χ4n) is 2.97. The summed E-state index contributed by atoms with van der Waals surface area (Å²) in [7, 11) is -3.67. The van der Waals surface area contributed by atoms with E-state index >= 15 is 0 Å². The van der Waals surface area contributed by atoms with Crippen LogP contribution in [-0.4, -0.2) is 20.9 Å². The normalized spacial score (nSPS) is 13.2. The minimum atomic E-state index is -3.67. The van der Waals surface area contributed by atoms with E-state index in [1.54, 1.807) is 18.2 Å². The molecule has 7 heteroatoms.